The summed E-state index contributed by atoms with van der Waals surface area (Å²) in [4.78, 5) is 16.5. The van der Waals surface area contributed by atoms with Crippen LogP contribution < -0.4 is 14.8 Å². The Bertz CT molecular complexity index is 800. The average Bonchev–Trinajstić information content (AvgIpc) is 2.75. The predicted octanol–water partition coefficient (Wildman–Crippen LogP) is 4.86. The van der Waals surface area contributed by atoms with Crippen LogP contribution in [-0.2, 0) is 9.47 Å². The standard InChI is InChI=1S/C21H26Cl2N2O5/c1-3-4-7-28-8-9-29-10-11-30-19-12-15(5-6-18(19)27-2)21(26)25-20-16(22)13-24-14-17(20)23/h5-6,12-14H,3-4,7-11H2,1-2H3,(H,24,25,26). The lowest BCUT2D eigenvalue weighted by molar-refractivity contribution is 0.0353. The van der Waals surface area contributed by atoms with Gasteiger partial charge in [0.2, 0.25) is 0 Å². The van der Waals surface area contributed by atoms with Crippen molar-refractivity contribution < 1.29 is 23.7 Å². The Morgan fingerprint density at radius 2 is 1.67 bits per heavy atom. The van der Waals surface area contributed by atoms with Gasteiger partial charge in [0, 0.05) is 24.6 Å². The second-order valence-electron chi connectivity index (χ2n) is 6.22. The maximum Gasteiger partial charge on any atom is 0.255 e. The zero-order valence-electron chi connectivity index (χ0n) is 17.1. The van der Waals surface area contributed by atoms with Crippen LogP contribution in [0.4, 0.5) is 5.69 Å². The minimum atomic E-state index is -0.391. The van der Waals surface area contributed by atoms with Gasteiger partial charge in [-0.3, -0.25) is 9.78 Å². The summed E-state index contributed by atoms with van der Waals surface area (Å²) >= 11 is 12.1. The first-order valence-corrected chi connectivity index (χ1v) is 10.4. The summed E-state index contributed by atoms with van der Waals surface area (Å²) in [5.74, 6) is 0.548. The van der Waals surface area contributed by atoms with E-state index >= 15 is 0 Å². The van der Waals surface area contributed by atoms with E-state index < -0.39 is 5.91 Å². The topological polar surface area (TPSA) is 78.9 Å². The number of anilines is 1. The van der Waals surface area contributed by atoms with Gasteiger partial charge in [-0.2, -0.15) is 0 Å². The molecule has 0 spiro atoms. The summed E-state index contributed by atoms with van der Waals surface area (Å²) in [6.45, 7) is 4.61. The molecule has 0 bridgehead atoms. The van der Waals surface area contributed by atoms with Crippen molar-refractivity contribution in [2.75, 3.05) is 45.5 Å². The molecule has 2 aromatic rings. The maximum absolute atomic E-state index is 12.6. The monoisotopic (exact) mass is 456 g/mol. The highest BCUT2D eigenvalue weighted by atomic mass is 35.5. The second kappa shape index (κ2) is 13.3. The zero-order valence-corrected chi connectivity index (χ0v) is 18.6. The number of methoxy groups -OCH3 is 1. The third kappa shape index (κ3) is 7.65. The van der Waals surface area contributed by atoms with Gasteiger partial charge < -0.3 is 24.3 Å². The SMILES string of the molecule is CCCCOCCOCCOc1cc(C(=O)Nc2c(Cl)cncc2Cl)ccc1OC. The Morgan fingerprint density at radius 3 is 2.33 bits per heavy atom. The minimum absolute atomic E-state index is 0.247. The van der Waals surface area contributed by atoms with Crippen molar-refractivity contribution in [3.05, 3.63) is 46.2 Å². The Balaban J connectivity index is 1.89. The van der Waals surface area contributed by atoms with Crippen LogP contribution in [0.15, 0.2) is 30.6 Å². The third-order valence-corrected chi connectivity index (χ3v) is 4.59. The molecular weight excluding hydrogens is 431 g/mol. The highest BCUT2D eigenvalue weighted by Gasteiger charge is 2.15. The molecule has 1 amide bonds. The molecule has 0 aliphatic carbocycles. The summed E-state index contributed by atoms with van der Waals surface area (Å²) in [5.41, 5.74) is 0.658. The predicted molar refractivity (Wildman–Crippen MR) is 117 cm³/mol. The van der Waals surface area contributed by atoms with Crippen molar-refractivity contribution in [1.82, 2.24) is 4.98 Å². The van der Waals surface area contributed by atoms with Crippen LogP contribution in [0.3, 0.4) is 0 Å². The minimum Gasteiger partial charge on any atom is -0.493 e. The number of aromatic nitrogens is 1. The molecule has 1 aromatic heterocycles. The fraction of sp³-hybridized carbons (Fsp3) is 0.429. The fourth-order valence-corrected chi connectivity index (χ4v) is 2.89. The smallest absolute Gasteiger partial charge is 0.255 e. The molecule has 0 saturated heterocycles. The van der Waals surface area contributed by atoms with Gasteiger partial charge >= 0.3 is 0 Å². The van der Waals surface area contributed by atoms with Gasteiger partial charge in [0.1, 0.15) is 6.61 Å². The molecule has 164 valence electrons. The number of ether oxygens (including phenoxy) is 4. The van der Waals surface area contributed by atoms with E-state index in [2.05, 4.69) is 17.2 Å². The Kier molecular flexibility index (Phi) is 10.7. The number of halogens is 2. The number of hydrogen-bond donors (Lipinski definition) is 1. The molecule has 0 aliphatic heterocycles. The third-order valence-electron chi connectivity index (χ3n) is 4.02. The largest absolute Gasteiger partial charge is 0.493 e. The molecule has 0 unspecified atom stereocenters. The molecule has 0 fully saturated rings. The van der Waals surface area contributed by atoms with E-state index in [9.17, 15) is 4.79 Å². The van der Waals surface area contributed by atoms with Crippen molar-refractivity contribution >= 4 is 34.8 Å². The number of carbonyl (C=O) groups is 1. The summed E-state index contributed by atoms with van der Waals surface area (Å²) < 4.78 is 21.9. The molecular formula is C21H26Cl2N2O5. The number of amides is 1. The van der Waals surface area contributed by atoms with Crippen LogP contribution in [0.5, 0.6) is 11.5 Å². The fourth-order valence-electron chi connectivity index (χ4n) is 2.43. The molecule has 30 heavy (non-hydrogen) atoms. The van der Waals surface area contributed by atoms with E-state index in [1.54, 1.807) is 18.2 Å². The van der Waals surface area contributed by atoms with Crippen LogP contribution in [0.2, 0.25) is 10.0 Å². The van der Waals surface area contributed by atoms with Crippen molar-refractivity contribution in [2.24, 2.45) is 0 Å². The van der Waals surface area contributed by atoms with E-state index in [0.717, 1.165) is 19.4 Å². The number of rotatable bonds is 13. The molecule has 1 aromatic carbocycles. The molecule has 0 aliphatic rings. The van der Waals surface area contributed by atoms with E-state index in [1.807, 2.05) is 0 Å². The first-order chi connectivity index (χ1) is 14.6. The molecule has 1 heterocycles. The van der Waals surface area contributed by atoms with Crippen LogP contribution >= 0.6 is 23.2 Å². The van der Waals surface area contributed by atoms with Gasteiger partial charge in [-0.25, -0.2) is 0 Å². The van der Waals surface area contributed by atoms with Gasteiger partial charge in [0.25, 0.3) is 5.91 Å². The van der Waals surface area contributed by atoms with Crippen LogP contribution in [-0.4, -0.2) is 51.0 Å². The van der Waals surface area contributed by atoms with Gasteiger partial charge in [0.05, 0.1) is 42.7 Å². The quantitative estimate of drug-likeness (QED) is 0.433. The summed E-state index contributed by atoms with van der Waals surface area (Å²) in [6.07, 6.45) is 4.96. The highest BCUT2D eigenvalue weighted by Crippen LogP contribution is 2.31. The number of pyridine rings is 1. The lowest BCUT2D eigenvalue weighted by Crippen LogP contribution is -2.14. The first kappa shape index (κ1) is 24.2. The van der Waals surface area contributed by atoms with Gasteiger partial charge in [-0.15, -0.1) is 0 Å². The van der Waals surface area contributed by atoms with Gasteiger partial charge in [-0.1, -0.05) is 36.5 Å². The Hall–Kier alpha value is -2.06. The van der Waals surface area contributed by atoms with Crippen LogP contribution in [0, 0.1) is 0 Å². The zero-order chi connectivity index (χ0) is 21.8. The van der Waals surface area contributed by atoms with Gasteiger partial charge in [0.15, 0.2) is 11.5 Å². The summed E-state index contributed by atoms with van der Waals surface area (Å²) in [5, 5.41) is 3.18. The normalized spacial score (nSPS) is 10.7. The number of unbranched alkanes of at least 4 members (excludes halogenated alkanes) is 1. The van der Waals surface area contributed by atoms with Crippen molar-refractivity contribution in [2.45, 2.75) is 19.8 Å². The lowest BCUT2D eigenvalue weighted by Gasteiger charge is -2.13. The molecule has 2 rings (SSSR count). The van der Waals surface area contributed by atoms with Gasteiger partial charge in [-0.05, 0) is 24.6 Å². The molecule has 0 saturated carbocycles. The average molecular weight is 457 g/mol. The second-order valence-corrected chi connectivity index (χ2v) is 7.04. The summed E-state index contributed by atoms with van der Waals surface area (Å²) in [7, 11) is 1.53. The highest BCUT2D eigenvalue weighted by molar-refractivity contribution is 6.39. The number of carbonyl (C=O) groups excluding carboxylic acids is 1. The number of hydrogen-bond acceptors (Lipinski definition) is 6. The van der Waals surface area contributed by atoms with Crippen LogP contribution in [0.1, 0.15) is 30.1 Å². The van der Waals surface area contributed by atoms with Crippen molar-refractivity contribution in [3.63, 3.8) is 0 Å². The van der Waals surface area contributed by atoms with E-state index in [0.29, 0.717) is 49.2 Å². The van der Waals surface area contributed by atoms with E-state index in [1.165, 1.54) is 19.5 Å². The molecule has 1 N–H and O–H groups in total. The molecule has 7 nitrogen and oxygen atoms in total. The summed E-state index contributed by atoms with van der Waals surface area (Å²) in [6, 6.07) is 4.86. The van der Waals surface area contributed by atoms with Crippen molar-refractivity contribution in [1.29, 1.82) is 0 Å². The lowest BCUT2D eigenvalue weighted by atomic mass is 10.2. The Labute approximate surface area is 186 Å². The van der Waals surface area contributed by atoms with Crippen LogP contribution in [0.25, 0.3) is 0 Å². The maximum atomic E-state index is 12.6. The molecule has 9 heteroatoms. The first-order valence-electron chi connectivity index (χ1n) is 9.63. The molecule has 0 radical (unpaired) electrons. The number of benzene rings is 1. The van der Waals surface area contributed by atoms with E-state index in [4.69, 9.17) is 42.1 Å². The van der Waals surface area contributed by atoms with Crippen molar-refractivity contribution in [3.8, 4) is 11.5 Å². The Morgan fingerprint density at radius 1 is 1.00 bits per heavy atom. The number of nitrogens with one attached hydrogen (secondary N) is 1. The number of nitrogens with zero attached hydrogens (tertiary/aromatic N) is 1. The van der Waals surface area contributed by atoms with E-state index in [-0.39, 0.29) is 10.0 Å². The molecule has 0 atom stereocenters.